The quantitative estimate of drug-likeness (QED) is 0.236. The Bertz CT molecular complexity index is 782. The molecule has 0 bridgehead atoms. The SMILES string of the molecule is CCCCCCCCCCCCNCc1c2ccccc2cc2ccccc12. The lowest BCUT2D eigenvalue weighted by atomic mass is 9.97. The third-order valence-corrected chi connectivity index (χ3v) is 5.89. The van der Waals surface area contributed by atoms with Crippen molar-refractivity contribution in [3.8, 4) is 0 Å². The van der Waals surface area contributed by atoms with Gasteiger partial charge in [0.2, 0.25) is 0 Å². The fourth-order valence-corrected chi connectivity index (χ4v) is 4.25. The first kappa shape index (κ1) is 20.9. The van der Waals surface area contributed by atoms with Crippen LogP contribution in [0.2, 0.25) is 0 Å². The average Bonchev–Trinajstić information content (AvgIpc) is 2.73. The largest absolute Gasteiger partial charge is 0.313 e. The lowest BCUT2D eigenvalue weighted by Gasteiger charge is -2.12. The molecule has 0 amide bonds. The zero-order chi connectivity index (χ0) is 19.4. The molecule has 0 saturated heterocycles. The molecule has 3 aromatic rings. The van der Waals surface area contributed by atoms with Gasteiger partial charge in [-0.1, -0.05) is 113 Å². The van der Waals surface area contributed by atoms with E-state index in [1.165, 1.54) is 91.3 Å². The first-order chi connectivity index (χ1) is 13.9. The molecule has 28 heavy (non-hydrogen) atoms. The number of unbranched alkanes of at least 4 members (excludes halogenated alkanes) is 9. The molecule has 0 saturated carbocycles. The van der Waals surface area contributed by atoms with Crippen molar-refractivity contribution in [2.24, 2.45) is 0 Å². The highest BCUT2D eigenvalue weighted by molar-refractivity contribution is 6.02. The van der Waals surface area contributed by atoms with Crippen LogP contribution in [0.3, 0.4) is 0 Å². The molecule has 0 unspecified atom stereocenters. The van der Waals surface area contributed by atoms with Crippen molar-refractivity contribution in [1.29, 1.82) is 0 Å². The molecule has 1 nitrogen and oxygen atoms in total. The van der Waals surface area contributed by atoms with E-state index >= 15 is 0 Å². The number of nitrogens with one attached hydrogen (secondary N) is 1. The molecule has 0 radical (unpaired) electrons. The van der Waals surface area contributed by atoms with Crippen LogP contribution >= 0.6 is 0 Å². The van der Waals surface area contributed by atoms with Gasteiger partial charge < -0.3 is 5.32 Å². The van der Waals surface area contributed by atoms with Crippen LogP contribution in [-0.4, -0.2) is 6.54 Å². The Kier molecular flexibility index (Phi) is 8.84. The molecule has 1 heteroatoms. The summed E-state index contributed by atoms with van der Waals surface area (Å²) < 4.78 is 0. The Hall–Kier alpha value is -1.86. The number of fused-ring (bicyclic) bond motifs is 2. The predicted molar refractivity (Wildman–Crippen MR) is 125 cm³/mol. The molecule has 0 fully saturated rings. The molecule has 150 valence electrons. The molecule has 0 atom stereocenters. The van der Waals surface area contributed by atoms with Gasteiger partial charge in [-0.05, 0) is 46.1 Å². The second kappa shape index (κ2) is 11.9. The zero-order valence-electron chi connectivity index (χ0n) is 17.7. The van der Waals surface area contributed by atoms with Crippen molar-refractivity contribution in [2.75, 3.05) is 6.54 Å². The lowest BCUT2D eigenvalue weighted by molar-refractivity contribution is 0.544. The van der Waals surface area contributed by atoms with Crippen LogP contribution in [-0.2, 0) is 6.54 Å². The van der Waals surface area contributed by atoms with E-state index in [4.69, 9.17) is 0 Å². The second-order valence-electron chi connectivity index (χ2n) is 8.16. The summed E-state index contributed by atoms with van der Waals surface area (Å²) in [5, 5.41) is 9.17. The van der Waals surface area contributed by atoms with Gasteiger partial charge >= 0.3 is 0 Å². The molecule has 1 N–H and O–H groups in total. The molecular weight excluding hydrogens is 338 g/mol. The molecule has 3 aromatic carbocycles. The molecule has 0 spiro atoms. The van der Waals surface area contributed by atoms with Gasteiger partial charge in [-0.3, -0.25) is 0 Å². The zero-order valence-corrected chi connectivity index (χ0v) is 17.7. The van der Waals surface area contributed by atoms with Crippen molar-refractivity contribution in [3.05, 3.63) is 60.2 Å². The van der Waals surface area contributed by atoms with Crippen LogP contribution in [0.4, 0.5) is 0 Å². The van der Waals surface area contributed by atoms with Gasteiger partial charge in [0.05, 0.1) is 0 Å². The number of hydrogen-bond acceptors (Lipinski definition) is 1. The summed E-state index contributed by atoms with van der Waals surface area (Å²) in [5.41, 5.74) is 1.45. The molecule has 0 aliphatic carbocycles. The van der Waals surface area contributed by atoms with Gasteiger partial charge in [0.15, 0.2) is 0 Å². The van der Waals surface area contributed by atoms with E-state index in [9.17, 15) is 0 Å². The van der Waals surface area contributed by atoms with Crippen molar-refractivity contribution in [3.63, 3.8) is 0 Å². The maximum absolute atomic E-state index is 3.71. The molecule has 0 aliphatic heterocycles. The topological polar surface area (TPSA) is 12.0 Å². The highest BCUT2D eigenvalue weighted by atomic mass is 14.8. The fourth-order valence-electron chi connectivity index (χ4n) is 4.25. The average molecular weight is 376 g/mol. The van der Waals surface area contributed by atoms with Crippen LogP contribution in [0.1, 0.15) is 76.7 Å². The summed E-state index contributed by atoms with van der Waals surface area (Å²) in [4.78, 5) is 0. The number of benzene rings is 3. The first-order valence-electron chi connectivity index (χ1n) is 11.5. The van der Waals surface area contributed by atoms with E-state index in [2.05, 4.69) is 66.8 Å². The van der Waals surface area contributed by atoms with Gasteiger partial charge in [0.25, 0.3) is 0 Å². The molecule has 0 aromatic heterocycles. The van der Waals surface area contributed by atoms with E-state index in [1.54, 1.807) is 0 Å². The molecule has 0 aliphatic rings. The Balaban J connectivity index is 1.41. The summed E-state index contributed by atoms with van der Waals surface area (Å²) in [5.74, 6) is 0. The minimum Gasteiger partial charge on any atom is -0.313 e. The molecule has 3 rings (SSSR count). The number of hydrogen-bond donors (Lipinski definition) is 1. The van der Waals surface area contributed by atoms with Crippen LogP contribution in [0, 0.1) is 0 Å². The Morgan fingerprint density at radius 3 is 1.68 bits per heavy atom. The standard InChI is InChI=1S/C27H37N/c1-2-3-4-5-6-7-8-9-10-15-20-28-22-27-25-18-13-11-16-23(25)21-24-17-12-14-19-26(24)27/h11-14,16-19,21,28H,2-10,15,20,22H2,1H3. The van der Waals surface area contributed by atoms with E-state index in [0.29, 0.717) is 0 Å². The van der Waals surface area contributed by atoms with Gasteiger partial charge in [0.1, 0.15) is 0 Å². The normalized spacial score (nSPS) is 11.5. The van der Waals surface area contributed by atoms with Crippen molar-refractivity contribution in [2.45, 2.75) is 77.7 Å². The van der Waals surface area contributed by atoms with Gasteiger partial charge in [-0.15, -0.1) is 0 Å². The highest BCUT2D eigenvalue weighted by Gasteiger charge is 2.06. The summed E-state index contributed by atoms with van der Waals surface area (Å²) in [6.45, 7) is 4.37. The highest BCUT2D eigenvalue weighted by Crippen LogP contribution is 2.28. The minimum atomic E-state index is 0.958. The van der Waals surface area contributed by atoms with E-state index in [1.807, 2.05) is 0 Å². The van der Waals surface area contributed by atoms with Crippen LogP contribution in [0.5, 0.6) is 0 Å². The Morgan fingerprint density at radius 1 is 0.607 bits per heavy atom. The second-order valence-corrected chi connectivity index (χ2v) is 8.16. The number of rotatable bonds is 13. The van der Waals surface area contributed by atoms with E-state index < -0.39 is 0 Å². The monoisotopic (exact) mass is 375 g/mol. The van der Waals surface area contributed by atoms with Crippen LogP contribution in [0.15, 0.2) is 54.6 Å². The van der Waals surface area contributed by atoms with Crippen molar-refractivity contribution in [1.82, 2.24) is 5.32 Å². The Labute approximate surface area is 171 Å². The fraction of sp³-hybridized carbons (Fsp3) is 0.481. The minimum absolute atomic E-state index is 0.958. The van der Waals surface area contributed by atoms with Crippen LogP contribution < -0.4 is 5.32 Å². The van der Waals surface area contributed by atoms with E-state index in [-0.39, 0.29) is 0 Å². The maximum Gasteiger partial charge on any atom is 0.0217 e. The van der Waals surface area contributed by atoms with Crippen LogP contribution in [0.25, 0.3) is 21.5 Å². The van der Waals surface area contributed by atoms with Gasteiger partial charge in [0, 0.05) is 6.54 Å². The van der Waals surface area contributed by atoms with Gasteiger partial charge in [-0.2, -0.15) is 0 Å². The maximum atomic E-state index is 3.71. The first-order valence-corrected chi connectivity index (χ1v) is 11.5. The summed E-state index contributed by atoms with van der Waals surface area (Å²) in [6, 6.07) is 19.9. The van der Waals surface area contributed by atoms with Gasteiger partial charge in [-0.25, -0.2) is 0 Å². The Morgan fingerprint density at radius 2 is 1.11 bits per heavy atom. The predicted octanol–water partition coefficient (Wildman–Crippen LogP) is 8.00. The van der Waals surface area contributed by atoms with E-state index in [0.717, 1.165) is 13.1 Å². The third kappa shape index (κ3) is 6.07. The lowest BCUT2D eigenvalue weighted by Crippen LogP contribution is -2.15. The summed E-state index contributed by atoms with van der Waals surface area (Å²) >= 11 is 0. The smallest absolute Gasteiger partial charge is 0.0217 e. The molecule has 0 heterocycles. The summed E-state index contributed by atoms with van der Waals surface area (Å²) in [6.07, 6.45) is 14.0. The third-order valence-electron chi connectivity index (χ3n) is 5.89. The van der Waals surface area contributed by atoms with Crippen molar-refractivity contribution >= 4 is 21.5 Å². The van der Waals surface area contributed by atoms with Crippen molar-refractivity contribution < 1.29 is 0 Å². The molecular formula is C27H37N. The summed E-state index contributed by atoms with van der Waals surface area (Å²) in [7, 11) is 0.